The van der Waals surface area contributed by atoms with E-state index in [1.54, 1.807) is 0 Å². The monoisotopic (exact) mass is 304 g/mol. The summed E-state index contributed by atoms with van der Waals surface area (Å²) in [5.74, 6) is -0.652. The lowest BCUT2D eigenvalue weighted by molar-refractivity contribution is -0.140. The summed E-state index contributed by atoms with van der Waals surface area (Å²) in [6.07, 6.45) is 1.51. The SMILES string of the molecule is O=C(O)[C@@H]1CSCN1C(=O)c1cn(-c2ccccc2)nn1. The molecule has 0 aliphatic carbocycles. The Morgan fingerprint density at radius 2 is 2.05 bits per heavy atom. The van der Waals surface area contributed by atoms with Crippen molar-refractivity contribution in [3.8, 4) is 5.69 Å². The number of amides is 1. The van der Waals surface area contributed by atoms with Crippen molar-refractivity contribution < 1.29 is 14.7 Å². The summed E-state index contributed by atoms with van der Waals surface area (Å²) >= 11 is 1.41. The van der Waals surface area contributed by atoms with Crippen LogP contribution in [0.25, 0.3) is 5.69 Å². The molecule has 0 spiro atoms. The second-order valence-corrected chi connectivity index (χ2v) is 5.51. The van der Waals surface area contributed by atoms with Crippen LogP contribution in [-0.4, -0.2) is 54.5 Å². The Morgan fingerprint density at radius 3 is 2.76 bits per heavy atom. The van der Waals surface area contributed by atoms with Crippen LogP contribution in [0.4, 0.5) is 0 Å². The van der Waals surface area contributed by atoms with E-state index in [4.69, 9.17) is 5.11 Å². The maximum atomic E-state index is 12.3. The minimum absolute atomic E-state index is 0.146. The molecule has 0 bridgehead atoms. The molecule has 3 rings (SSSR count). The van der Waals surface area contributed by atoms with Gasteiger partial charge in [-0.15, -0.1) is 16.9 Å². The summed E-state index contributed by atoms with van der Waals surface area (Å²) in [6, 6.07) is 8.48. The number of carboxylic acids is 1. The Kier molecular flexibility index (Phi) is 3.61. The van der Waals surface area contributed by atoms with Gasteiger partial charge in [-0.2, -0.15) is 0 Å². The largest absolute Gasteiger partial charge is 0.480 e. The lowest BCUT2D eigenvalue weighted by Crippen LogP contribution is -2.41. The Hall–Kier alpha value is -2.35. The first-order valence-electron chi connectivity index (χ1n) is 6.26. The van der Waals surface area contributed by atoms with Gasteiger partial charge in [0.1, 0.15) is 6.04 Å². The van der Waals surface area contributed by atoms with Crippen LogP contribution in [0.15, 0.2) is 36.5 Å². The number of aromatic nitrogens is 3. The van der Waals surface area contributed by atoms with E-state index in [2.05, 4.69) is 10.3 Å². The number of carbonyl (C=O) groups excluding carboxylic acids is 1. The van der Waals surface area contributed by atoms with E-state index < -0.39 is 17.9 Å². The number of nitrogens with zero attached hydrogens (tertiary/aromatic N) is 4. The van der Waals surface area contributed by atoms with E-state index >= 15 is 0 Å². The molecule has 2 aromatic rings. The van der Waals surface area contributed by atoms with Gasteiger partial charge in [0.2, 0.25) is 0 Å². The molecule has 1 fully saturated rings. The highest BCUT2D eigenvalue weighted by Crippen LogP contribution is 2.22. The molecular weight excluding hydrogens is 292 g/mol. The minimum atomic E-state index is -0.996. The Labute approximate surface area is 124 Å². The quantitative estimate of drug-likeness (QED) is 0.905. The molecule has 1 saturated heterocycles. The predicted octanol–water partition coefficient (Wildman–Crippen LogP) is 0.867. The number of benzene rings is 1. The molecule has 108 valence electrons. The fraction of sp³-hybridized carbons (Fsp3) is 0.231. The smallest absolute Gasteiger partial charge is 0.327 e. The molecule has 1 aliphatic heterocycles. The number of hydrogen-bond acceptors (Lipinski definition) is 5. The number of para-hydroxylation sites is 1. The topological polar surface area (TPSA) is 88.3 Å². The number of rotatable bonds is 3. The molecular formula is C13H12N4O3S. The zero-order valence-corrected chi connectivity index (χ0v) is 11.7. The molecule has 1 aromatic carbocycles. The Bertz CT molecular complexity index is 673. The maximum Gasteiger partial charge on any atom is 0.327 e. The third kappa shape index (κ3) is 2.62. The van der Waals surface area contributed by atoms with Crippen LogP contribution in [0.3, 0.4) is 0 Å². The molecule has 1 aliphatic rings. The molecule has 7 nitrogen and oxygen atoms in total. The van der Waals surface area contributed by atoms with Crippen molar-refractivity contribution in [2.75, 3.05) is 11.6 Å². The Morgan fingerprint density at radius 1 is 1.29 bits per heavy atom. The molecule has 1 atom stereocenters. The van der Waals surface area contributed by atoms with E-state index in [0.29, 0.717) is 11.6 Å². The van der Waals surface area contributed by atoms with Gasteiger partial charge >= 0.3 is 5.97 Å². The molecule has 8 heteroatoms. The summed E-state index contributed by atoms with van der Waals surface area (Å²) < 4.78 is 1.49. The number of aliphatic carboxylic acids is 1. The van der Waals surface area contributed by atoms with Gasteiger partial charge < -0.3 is 10.0 Å². The second kappa shape index (κ2) is 5.57. The van der Waals surface area contributed by atoms with Crippen LogP contribution in [0.5, 0.6) is 0 Å². The van der Waals surface area contributed by atoms with Gasteiger partial charge in [0.15, 0.2) is 5.69 Å². The van der Waals surface area contributed by atoms with Crippen LogP contribution < -0.4 is 0 Å². The third-order valence-electron chi connectivity index (χ3n) is 3.16. The molecule has 1 aromatic heterocycles. The van der Waals surface area contributed by atoms with Crippen LogP contribution >= 0.6 is 11.8 Å². The van der Waals surface area contributed by atoms with Crippen molar-refractivity contribution in [2.45, 2.75) is 6.04 Å². The average Bonchev–Trinajstić information content (AvgIpc) is 3.17. The number of carboxylic acid groups (broad SMARTS) is 1. The molecule has 0 saturated carbocycles. The fourth-order valence-electron chi connectivity index (χ4n) is 2.06. The minimum Gasteiger partial charge on any atom is -0.480 e. The van der Waals surface area contributed by atoms with Gasteiger partial charge in [-0.3, -0.25) is 4.79 Å². The highest BCUT2D eigenvalue weighted by molar-refractivity contribution is 7.99. The van der Waals surface area contributed by atoms with Crippen LogP contribution in [0.2, 0.25) is 0 Å². The lowest BCUT2D eigenvalue weighted by atomic mass is 10.2. The van der Waals surface area contributed by atoms with Crippen molar-refractivity contribution in [1.82, 2.24) is 19.9 Å². The highest BCUT2D eigenvalue weighted by atomic mass is 32.2. The molecule has 2 heterocycles. The number of thioether (sulfide) groups is 1. The fourth-order valence-corrected chi connectivity index (χ4v) is 3.21. The van der Waals surface area contributed by atoms with Gasteiger partial charge in [0, 0.05) is 5.75 Å². The number of carbonyl (C=O) groups is 2. The summed E-state index contributed by atoms with van der Waals surface area (Å²) in [7, 11) is 0. The van der Waals surface area contributed by atoms with Crippen LogP contribution in [-0.2, 0) is 4.79 Å². The standard InChI is InChI=1S/C13H12N4O3S/c18-12(16-8-21-7-11(16)13(19)20)10-6-17(15-14-10)9-4-2-1-3-5-9/h1-6,11H,7-8H2,(H,19,20)/t11-/m0/s1. The third-order valence-corrected chi connectivity index (χ3v) is 4.17. The maximum absolute atomic E-state index is 12.3. The van der Waals surface area contributed by atoms with Crippen LogP contribution in [0.1, 0.15) is 10.5 Å². The summed E-state index contributed by atoms with van der Waals surface area (Å²) in [4.78, 5) is 24.8. The molecule has 21 heavy (non-hydrogen) atoms. The summed E-state index contributed by atoms with van der Waals surface area (Å²) in [5, 5.41) is 16.9. The molecule has 1 amide bonds. The summed E-state index contributed by atoms with van der Waals surface area (Å²) in [6.45, 7) is 0. The summed E-state index contributed by atoms with van der Waals surface area (Å²) in [5.41, 5.74) is 0.933. The first-order chi connectivity index (χ1) is 10.2. The van der Waals surface area contributed by atoms with E-state index in [1.165, 1.54) is 27.5 Å². The van der Waals surface area contributed by atoms with E-state index in [-0.39, 0.29) is 5.69 Å². The van der Waals surface area contributed by atoms with Crippen LogP contribution in [0, 0.1) is 0 Å². The van der Waals surface area contributed by atoms with Gasteiger partial charge in [-0.25, -0.2) is 9.48 Å². The van der Waals surface area contributed by atoms with Crippen molar-refractivity contribution in [1.29, 1.82) is 0 Å². The van der Waals surface area contributed by atoms with Crippen molar-refractivity contribution in [3.05, 3.63) is 42.2 Å². The zero-order chi connectivity index (χ0) is 14.8. The first kappa shape index (κ1) is 13.6. The normalized spacial score (nSPS) is 17.9. The second-order valence-electron chi connectivity index (χ2n) is 4.51. The highest BCUT2D eigenvalue weighted by Gasteiger charge is 2.36. The van der Waals surface area contributed by atoms with E-state index in [0.717, 1.165) is 5.69 Å². The lowest BCUT2D eigenvalue weighted by Gasteiger charge is -2.18. The molecule has 0 radical (unpaired) electrons. The number of hydrogen-bond donors (Lipinski definition) is 1. The zero-order valence-electron chi connectivity index (χ0n) is 10.9. The van der Waals surface area contributed by atoms with E-state index in [9.17, 15) is 9.59 Å². The average molecular weight is 304 g/mol. The van der Waals surface area contributed by atoms with Gasteiger partial charge in [0.25, 0.3) is 5.91 Å². The van der Waals surface area contributed by atoms with E-state index in [1.807, 2.05) is 30.3 Å². The van der Waals surface area contributed by atoms with Gasteiger partial charge in [0.05, 0.1) is 17.8 Å². The Balaban J connectivity index is 1.83. The van der Waals surface area contributed by atoms with Crippen molar-refractivity contribution in [3.63, 3.8) is 0 Å². The van der Waals surface area contributed by atoms with Crippen molar-refractivity contribution >= 4 is 23.6 Å². The first-order valence-corrected chi connectivity index (χ1v) is 7.41. The van der Waals surface area contributed by atoms with Crippen molar-refractivity contribution in [2.24, 2.45) is 0 Å². The molecule has 0 unspecified atom stereocenters. The molecule has 1 N–H and O–H groups in total. The van der Waals surface area contributed by atoms with Gasteiger partial charge in [-0.1, -0.05) is 23.4 Å². The predicted molar refractivity (Wildman–Crippen MR) is 76.3 cm³/mol. The van der Waals surface area contributed by atoms with Gasteiger partial charge in [-0.05, 0) is 12.1 Å².